The summed E-state index contributed by atoms with van der Waals surface area (Å²) in [7, 11) is 3.14. The molecule has 2 aromatic carbocycles. The van der Waals surface area contributed by atoms with Gasteiger partial charge in [-0.2, -0.15) is 0 Å². The summed E-state index contributed by atoms with van der Waals surface area (Å²) in [6, 6.07) is 12.7. The van der Waals surface area contributed by atoms with Gasteiger partial charge in [-0.3, -0.25) is 4.79 Å². The van der Waals surface area contributed by atoms with Crippen LogP contribution in [-0.2, 0) is 4.79 Å². The lowest BCUT2D eigenvalue weighted by Gasteiger charge is -2.24. The van der Waals surface area contributed by atoms with Crippen LogP contribution in [0, 0.1) is 0 Å². The zero-order valence-corrected chi connectivity index (χ0v) is 18.7. The van der Waals surface area contributed by atoms with E-state index in [4.69, 9.17) is 14.2 Å². The summed E-state index contributed by atoms with van der Waals surface area (Å²) in [4.78, 5) is 25.8. The van der Waals surface area contributed by atoms with Crippen LogP contribution in [0.1, 0.15) is 39.4 Å². The van der Waals surface area contributed by atoms with Crippen LogP contribution < -0.4 is 19.5 Å². The highest BCUT2D eigenvalue weighted by molar-refractivity contribution is 7.15. The van der Waals surface area contributed by atoms with Crippen molar-refractivity contribution < 1.29 is 28.9 Å². The van der Waals surface area contributed by atoms with E-state index in [2.05, 4.69) is 5.32 Å². The first-order valence-electron chi connectivity index (χ1n) is 10.1. The van der Waals surface area contributed by atoms with Gasteiger partial charge in [-0.25, -0.2) is 4.79 Å². The summed E-state index contributed by atoms with van der Waals surface area (Å²) >= 11 is 1.19. The summed E-state index contributed by atoms with van der Waals surface area (Å²) in [6.07, 6.45) is 0.215. The van der Waals surface area contributed by atoms with E-state index < -0.39 is 5.97 Å². The molecule has 0 spiro atoms. The van der Waals surface area contributed by atoms with Gasteiger partial charge in [-0.15, -0.1) is 11.3 Å². The van der Waals surface area contributed by atoms with E-state index in [1.165, 1.54) is 11.3 Å². The molecule has 1 aliphatic rings. The van der Waals surface area contributed by atoms with E-state index in [-0.39, 0.29) is 23.1 Å². The third-order valence-electron chi connectivity index (χ3n) is 5.37. The highest BCUT2D eigenvalue weighted by atomic mass is 32.1. The quantitative estimate of drug-likeness (QED) is 0.523. The van der Waals surface area contributed by atoms with Crippen molar-refractivity contribution in [3.05, 3.63) is 57.8 Å². The van der Waals surface area contributed by atoms with Gasteiger partial charge in [0.1, 0.15) is 10.6 Å². The van der Waals surface area contributed by atoms with Crippen molar-refractivity contribution in [1.82, 2.24) is 0 Å². The van der Waals surface area contributed by atoms with Gasteiger partial charge in [0.25, 0.3) is 0 Å². The Morgan fingerprint density at radius 2 is 1.88 bits per heavy atom. The minimum absolute atomic E-state index is 0.166. The van der Waals surface area contributed by atoms with Gasteiger partial charge < -0.3 is 24.6 Å². The number of hydrogen-bond donors (Lipinski definition) is 2. The first-order chi connectivity index (χ1) is 15.5. The van der Waals surface area contributed by atoms with Crippen molar-refractivity contribution in [2.45, 2.75) is 19.3 Å². The number of hydrogen-bond acceptors (Lipinski definition) is 6. The molecular weight excluding hydrogens is 430 g/mol. The van der Waals surface area contributed by atoms with E-state index in [0.717, 1.165) is 10.4 Å². The molecule has 2 heterocycles. The molecule has 166 valence electrons. The molecule has 7 nitrogen and oxygen atoms in total. The number of amides is 1. The zero-order chi connectivity index (χ0) is 22.8. The van der Waals surface area contributed by atoms with Crippen molar-refractivity contribution in [3.8, 4) is 28.4 Å². The number of rotatable bonds is 7. The van der Waals surface area contributed by atoms with Crippen LogP contribution in [-0.4, -0.2) is 37.8 Å². The lowest BCUT2D eigenvalue weighted by molar-refractivity contribution is -0.116. The number of fused-ring (bicyclic) bond motifs is 1. The smallest absolute Gasteiger partial charge is 0.346 e. The van der Waals surface area contributed by atoms with Crippen molar-refractivity contribution >= 4 is 28.9 Å². The molecule has 0 fully saturated rings. The number of nitrogens with one attached hydrogen (secondary N) is 1. The number of thiophene rings is 1. The van der Waals surface area contributed by atoms with Crippen LogP contribution in [0.25, 0.3) is 11.1 Å². The van der Waals surface area contributed by atoms with Crippen LogP contribution in [0.5, 0.6) is 17.2 Å². The summed E-state index contributed by atoms with van der Waals surface area (Å²) in [5, 5.41) is 12.8. The minimum atomic E-state index is -1.03. The Labute approximate surface area is 189 Å². The lowest BCUT2D eigenvalue weighted by atomic mass is 9.88. The Morgan fingerprint density at radius 3 is 2.50 bits per heavy atom. The molecule has 0 bridgehead atoms. The maximum atomic E-state index is 12.7. The Hall–Kier alpha value is -3.52. The lowest BCUT2D eigenvalue weighted by Crippen LogP contribution is -2.22. The summed E-state index contributed by atoms with van der Waals surface area (Å²) in [5.41, 5.74) is 2.63. The topological polar surface area (TPSA) is 94.1 Å². The van der Waals surface area contributed by atoms with Crippen molar-refractivity contribution in [2.75, 3.05) is 26.1 Å². The minimum Gasteiger partial charge on any atom is -0.497 e. The third kappa shape index (κ3) is 3.89. The molecule has 1 aliphatic heterocycles. The van der Waals surface area contributed by atoms with Crippen molar-refractivity contribution in [3.63, 3.8) is 0 Å². The van der Waals surface area contributed by atoms with E-state index in [0.29, 0.717) is 40.7 Å². The Kier molecular flexibility index (Phi) is 6.05. The number of aromatic carboxylic acids is 1. The first-order valence-corrected chi connectivity index (χ1v) is 10.9. The standard InChI is InChI=1S/C24H23NO6S/c1-4-31-18-11-14(7-10-17(18)30-3)16-12-19(26)25-21-20(23(24(27)28)32-22(16)21)13-5-8-15(29-2)9-6-13/h5-11,16H,4,12H2,1-3H3,(H,25,26)(H,27,28)/t16-/m1/s1. The van der Waals surface area contributed by atoms with Crippen LogP contribution in [0.4, 0.5) is 5.69 Å². The molecular formula is C24H23NO6S. The molecule has 1 amide bonds. The van der Waals surface area contributed by atoms with Crippen LogP contribution in [0.15, 0.2) is 42.5 Å². The molecule has 0 aliphatic carbocycles. The third-order valence-corrected chi connectivity index (χ3v) is 6.66. The molecule has 4 rings (SSSR count). The fourth-order valence-electron chi connectivity index (χ4n) is 3.92. The van der Waals surface area contributed by atoms with E-state index in [9.17, 15) is 14.7 Å². The normalized spacial score (nSPS) is 15.0. The van der Waals surface area contributed by atoms with Crippen LogP contribution >= 0.6 is 11.3 Å². The predicted molar refractivity (Wildman–Crippen MR) is 123 cm³/mol. The number of carboxylic acids is 1. The molecule has 0 radical (unpaired) electrons. The Bertz CT molecular complexity index is 1170. The van der Waals surface area contributed by atoms with E-state index >= 15 is 0 Å². The van der Waals surface area contributed by atoms with Gasteiger partial charge in [0.2, 0.25) is 5.91 Å². The highest BCUT2D eigenvalue weighted by Gasteiger charge is 2.34. The van der Waals surface area contributed by atoms with Gasteiger partial charge in [0, 0.05) is 22.8 Å². The maximum Gasteiger partial charge on any atom is 0.346 e. The van der Waals surface area contributed by atoms with E-state index in [1.54, 1.807) is 38.5 Å². The molecule has 32 heavy (non-hydrogen) atoms. The Balaban J connectivity index is 1.87. The SMILES string of the molecule is CCOc1cc([C@H]2CC(=O)Nc3c2sc(C(=O)O)c3-c2ccc(OC)cc2)ccc1OC. The molecule has 0 saturated heterocycles. The fourth-order valence-corrected chi connectivity index (χ4v) is 5.16. The molecule has 8 heteroatoms. The summed E-state index contributed by atoms with van der Waals surface area (Å²) < 4.78 is 16.3. The molecule has 3 aromatic rings. The zero-order valence-electron chi connectivity index (χ0n) is 17.9. The van der Waals surface area contributed by atoms with Crippen LogP contribution in [0.3, 0.4) is 0 Å². The largest absolute Gasteiger partial charge is 0.497 e. The molecule has 0 saturated carbocycles. The van der Waals surface area contributed by atoms with Gasteiger partial charge in [0.15, 0.2) is 11.5 Å². The number of ether oxygens (including phenoxy) is 3. The number of methoxy groups -OCH3 is 2. The molecule has 2 N–H and O–H groups in total. The fraction of sp³-hybridized carbons (Fsp3) is 0.250. The summed E-state index contributed by atoms with van der Waals surface area (Å²) in [6.45, 7) is 2.36. The molecule has 1 atom stereocenters. The molecule has 0 unspecified atom stereocenters. The van der Waals surface area contributed by atoms with Crippen LogP contribution in [0.2, 0.25) is 0 Å². The van der Waals surface area contributed by atoms with E-state index in [1.807, 2.05) is 25.1 Å². The summed E-state index contributed by atoms with van der Waals surface area (Å²) in [5.74, 6) is 0.365. The van der Waals surface area contributed by atoms with Crippen molar-refractivity contribution in [2.24, 2.45) is 0 Å². The Morgan fingerprint density at radius 1 is 1.12 bits per heavy atom. The number of anilines is 1. The number of benzene rings is 2. The second kappa shape index (κ2) is 8.92. The maximum absolute atomic E-state index is 12.7. The second-order valence-electron chi connectivity index (χ2n) is 7.23. The van der Waals surface area contributed by atoms with Gasteiger partial charge >= 0.3 is 5.97 Å². The van der Waals surface area contributed by atoms with Gasteiger partial charge in [-0.05, 0) is 42.3 Å². The average Bonchev–Trinajstić information content (AvgIpc) is 3.18. The average molecular weight is 454 g/mol. The first kappa shape index (κ1) is 21.7. The monoisotopic (exact) mass is 453 g/mol. The van der Waals surface area contributed by atoms with Crippen molar-refractivity contribution in [1.29, 1.82) is 0 Å². The van der Waals surface area contributed by atoms with Gasteiger partial charge in [0.05, 0.1) is 26.5 Å². The molecule has 1 aromatic heterocycles. The number of carbonyl (C=O) groups is 2. The second-order valence-corrected chi connectivity index (χ2v) is 8.28. The predicted octanol–water partition coefficient (Wildman–Crippen LogP) is 5.00. The highest BCUT2D eigenvalue weighted by Crippen LogP contribution is 2.50. The number of carbonyl (C=O) groups excluding carboxylic acids is 1. The van der Waals surface area contributed by atoms with Gasteiger partial charge in [-0.1, -0.05) is 18.2 Å². The number of carboxylic acid groups (broad SMARTS) is 1.